The number of quaternary nitrogens is 1. The number of rotatable bonds is 43. The first-order valence-corrected chi connectivity index (χ1v) is 24.1. The van der Waals surface area contributed by atoms with Gasteiger partial charge in [-0.1, -0.05) is 192 Å². The molecule has 58 heavy (non-hydrogen) atoms. The Morgan fingerprint density at radius 3 is 1.33 bits per heavy atom. The van der Waals surface area contributed by atoms with Crippen LogP contribution in [0.2, 0.25) is 0 Å². The second-order valence-electron chi connectivity index (χ2n) is 17.4. The zero-order chi connectivity index (χ0) is 42.8. The highest BCUT2D eigenvalue weighted by molar-refractivity contribution is 5.72. The number of carbonyl (C=O) groups excluding carboxylic acids is 2. The van der Waals surface area contributed by atoms with Gasteiger partial charge >= 0.3 is 17.9 Å². The van der Waals surface area contributed by atoms with Gasteiger partial charge in [0.25, 0.3) is 0 Å². The molecule has 0 heterocycles. The summed E-state index contributed by atoms with van der Waals surface area (Å²) in [4.78, 5) is 37.1. The van der Waals surface area contributed by atoms with Crippen LogP contribution < -0.4 is 0 Å². The van der Waals surface area contributed by atoms with Crippen LogP contribution in [0.4, 0.5) is 0 Å². The zero-order valence-corrected chi connectivity index (χ0v) is 38.5. The number of aliphatic carboxylic acids is 1. The molecule has 0 spiro atoms. The summed E-state index contributed by atoms with van der Waals surface area (Å²) in [6, 6.07) is -0.617. The van der Waals surface area contributed by atoms with Gasteiger partial charge in [0.2, 0.25) is 0 Å². The van der Waals surface area contributed by atoms with E-state index in [2.05, 4.69) is 50.3 Å². The number of unbranched alkanes of at least 4 members (excludes halogenated alkanes) is 25. The van der Waals surface area contributed by atoms with Gasteiger partial charge in [-0.2, -0.15) is 0 Å². The Morgan fingerprint density at radius 2 is 0.914 bits per heavy atom. The minimum Gasteiger partial charge on any atom is -0.477 e. The smallest absolute Gasteiger partial charge is 0.362 e. The van der Waals surface area contributed by atoms with Gasteiger partial charge in [-0.05, 0) is 38.5 Å². The number of esters is 2. The van der Waals surface area contributed by atoms with Gasteiger partial charge in [0.15, 0.2) is 12.1 Å². The Kier molecular flexibility index (Phi) is 39.5. The zero-order valence-electron chi connectivity index (χ0n) is 38.5. The lowest BCUT2D eigenvalue weighted by Crippen LogP contribution is -2.50. The molecule has 0 fully saturated rings. The molecule has 0 aliphatic heterocycles. The summed E-state index contributed by atoms with van der Waals surface area (Å²) in [5.74, 6) is -1.48. The molecule has 0 bridgehead atoms. The number of carbonyl (C=O) groups is 3. The van der Waals surface area contributed by atoms with Gasteiger partial charge in [0.05, 0.1) is 34.4 Å². The fourth-order valence-corrected chi connectivity index (χ4v) is 7.09. The summed E-state index contributed by atoms with van der Waals surface area (Å²) in [5, 5.41) is 9.63. The van der Waals surface area contributed by atoms with Crippen LogP contribution in [0.5, 0.6) is 0 Å². The number of carboxylic acids is 1. The molecule has 0 aromatic carbocycles. The Balaban J connectivity index is 4.33. The molecule has 0 aliphatic rings. The first-order chi connectivity index (χ1) is 28.1. The quantitative estimate of drug-likeness (QED) is 0.0283. The second-order valence-corrected chi connectivity index (χ2v) is 17.4. The summed E-state index contributed by atoms with van der Waals surface area (Å²) < 4.78 is 17.3. The lowest BCUT2D eigenvalue weighted by Gasteiger charge is -2.31. The van der Waals surface area contributed by atoms with Crippen molar-refractivity contribution < 1.29 is 38.2 Å². The first kappa shape index (κ1) is 55.5. The molecule has 8 heteroatoms. The van der Waals surface area contributed by atoms with Gasteiger partial charge in [0, 0.05) is 19.3 Å². The van der Waals surface area contributed by atoms with Gasteiger partial charge in [0.1, 0.15) is 6.61 Å². The maximum absolute atomic E-state index is 12.8. The fraction of sp³-hybridized carbons (Fsp3) is 0.820. The van der Waals surface area contributed by atoms with Crippen molar-refractivity contribution in [3.05, 3.63) is 36.5 Å². The van der Waals surface area contributed by atoms with E-state index in [9.17, 15) is 19.5 Å². The molecule has 0 saturated heterocycles. The first-order valence-electron chi connectivity index (χ1n) is 24.1. The van der Waals surface area contributed by atoms with E-state index in [1.807, 2.05) is 21.1 Å². The van der Waals surface area contributed by atoms with Gasteiger partial charge in [-0.15, -0.1) is 0 Å². The summed E-state index contributed by atoms with van der Waals surface area (Å²) >= 11 is 0. The van der Waals surface area contributed by atoms with Crippen LogP contribution in [0.25, 0.3) is 0 Å². The molecule has 338 valence electrons. The van der Waals surface area contributed by atoms with Crippen LogP contribution in [0.1, 0.15) is 213 Å². The van der Waals surface area contributed by atoms with E-state index in [0.717, 1.165) is 64.2 Å². The number of ether oxygens (including phenoxy) is 3. The molecule has 2 atom stereocenters. The summed E-state index contributed by atoms with van der Waals surface area (Å²) in [7, 11) is 5.53. The van der Waals surface area contributed by atoms with Crippen molar-refractivity contribution in [1.82, 2.24) is 0 Å². The van der Waals surface area contributed by atoms with Crippen molar-refractivity contribution in [3.8, 4) is 0 Å². The predicted molar refractivity (Wildman–Crippen MR) is 243 cm³/mol. The lowest BCUT2D eigenvalue weighted by atomic mass is 10.0. The minimum atomic E-state index is -0.877. The third-order valence-corrected chi connectivity index (χ3v) is 10.9. The Hall–Kier alpha value is -2.45. The molecule has 0 radical (unpaired) electrons. The number of allylic oxidation sites excluding steroid dienone is 6. The van der Waals surface area contributed by atoms with Crippen molar-refractivity contribution in [3.63, 3.8) is 0 Å². The number of nitrogens with zero attached hydrogens (tertiary/aromatic N) is 1. The van der Waals surface area contributed by atoms with Crippen LogP contribution in [0, 0.1) is 0 Å². The highest BCUT2D eigenvalue weighted by atomic mass is 16.6. The van der Waals surface area contributed by atoms with Crippen molar-refractivity contribution in [2.45, 2.75) is 225 Å². The molecular formula is C50H92NO7+. The number of hydrogen-bond donors (Lipinski definition) is 1. The number of carboxylic acid groups (broad SMARTS) is 1. The van der Waals surface area contributed by atoms with E-state index in [1.54, 1.807) is 0 Å². The Labute approximate surface area is 357 Å². The second kappa shape index (κ2) is 41.3. The minimum absolute atomic E-state index is 0.0552. The van der Waals surface area contributed by atoms with Crippen molar-refractivity contribution >= 4 is 17.9 Å². The fourth-order valence-electron chi connectivity index (χ4n) is 7.09. The third-order valence-electron chi connectivity index (χ3n) is 10.9. The van der Waals surface area contributed by atoms with E-state index >= 15 is 0 Å². The van der Waals surface area contributed by atoms with Crippen LogP contribution in [-0.2, 0) is 28.6 Å². The molecule has 1 N–H and O–H groups in total. The monoisotopic (exact) mass is 819 g/mol. The maximum atomic E-state index is 12.8. The summed E-state index contributed by atoms with van der Waals surface area (Å²) in [6.45, 7) is 4.72. The molecule has 0 rings (SSSR count). The van der Waals surface area contributed by atoms with Crippen molar-refractivity contribution in [2.24, 2.45) is 0 Å². The van der Waals surface area contributed by atoms with Crippen LogP contribution in [0.15, 0.2) is 36.5 Å². The highest BCUT2D eigenvalue weighted by Crippen LogP contribution is 2.15. The molecule has 0 saturated carbocycles. The molecular weight excluding hydrogens is 727 g/mol. The SMILES string of the molecule is CCCCCCC/C=C/C=C/C=C/CCCCCCCC(=O)OC(COCCC(C(=O)O)[N+](C)(C)C)COC(=O)CCCCCCCCCCCCCCCCCC. The van der Waals surface area contributed by atoms with E-state index in [0.29, 0.717) is 19.3 Å². The lowest BCUT2D eigenvalue weighted by molar-refractivity contribution is -0.887. The number of likely N-dealkylation sites (N-methyl/N-ethyl adjacent to an activating group) is 1. The Morgan fingerprint density at radius 1 is 0.517 bits per heavy atom. The van der Waals surface area contributed by atoms with Crippen LogP contribution >= 0.6 is 0 Å². The largest absolute Gasteiger partial charge is 0.477 e. The molecule has 0 aromatic heterocycles. The average Bonchev–Trinajstić information content (AvgIpc) is 3.18. The van der Waals surface area contributed by atoms with Gasteiger partial charge < -0.3 is 23.8 Å². The molecule has 0 amide bonds. The van der Waals surface area contributed by atoms with E-state index in [4.69, 9.17) is 14.2 Å². The third kappa shape index (κ3) is 39.0. The van der Waals surface area contributed by atoms with Crippen LogP contribution in [0.3, 0.4) is 0 Å². The molecule has 2 unspecified atom stereocenters. The summed E-state index contributed by atoms with van der Waals surface area (Å²) in [5.41, 5.74) is 0. The van der Waals surface area contributed by atoms with Gasteiger partial charge in [-0.25, -0.2) is 4.79 Å². The molecule has 0 aromatic rings. The van der Waals surface area contributed by atoms with Crippen LogP contribution in [-0.4, -0.2) is 80.6 Å². The Bertz CT molecular complexity index is 1050. The average molecular weight is 819 g/mol. The normalized spacial score (nSPS) is 13.2. The van der Waals surface area contributed by atoms with E-state index in [-0.39, 0.29) is 36.2 Å². The van der Waals surface area contributed by atoms with E-state index < -0.39 is 18.1 Å². The van der Waals surface area contributed by atoms with E-state index in [1.165, 1.54) is 116 Å². The molecule has 8 nitrogen and oxygen atoms in total. The van der Waals surface area contributed by atoms with Gasteiger partial charge in [-0.3, -0.25) is 9.59 Å². The van der Waals surface area contributed by atoms with Crippen molar-refractivity contribution in [2.75, 3.05) is 41.0 Å². The molecule has 0 aliphatic carbocycles. The summed E-state index contributed by atoms with van der Waals surface area (Å²) in [6.07, 6.45) is 47.5. The standard InChI is InChI=1S/C50H91NO7/c1-6-8-10-12-14-16-18-20-22-24-25-27-29-31-33-35-37-39-41-49(53)58-46(44-56-43-42-47(50(54)55)51(3,4)5)45-57-48(52)40-38-36-34-32-30-28-26-23-21-19-17-15-13-11-9-7-2/h18,20,22,24-25,27,46-47H,6-17,19,21,23,26,28-45H2,1-5H3/p+1/b20-18+,24-22+,27-25+. The number of hydrogen-bond acceptors (Lipinski definition) is 6. The highest BCUT2D eigenvalue weighted by Gasteiger charge is 2.31. The van der Waals surface area contributed by atoms with Crippen molar-refractivity contribution in [1.29, 1.82) is 0 Å². The maximum Gasteiger partial charge on any atom is 0.362 e. The topological polar surface area (TPSA) is 99.1 Å². The predicted octanol–water partition coefficient (Wildman–Crippen LogP) is 13.4.